The van der Waals surface area contributed by atoms with Crippen LogP contribution in [0.15, 0.2) is 60.8 Å². The molecule has 1 saturated heterocycles. The van der Waals surface area contributed by atoms with Crippen molar-refractivity contribution in [2.75, 3.05) is 31.1 Å². The van der Waals surface area contributed by atoms with Crippen molar-refractivity contribution in [2.24, 2.45) is 0 Å². The van der Waals surface area contributed by atoms with Gasteiger partial charge < -0.3 is 15.1 Å². The Morgan fingerprint density at radius 1 is 0.958 bits per heavy atom. The zero-order chi connectivity index (χ0) is 16.8. The van der Waals surface area contributed by atoms with Gasteiger partial charge in [0.2, 0.25) is 0 Å². The van der Waals surface area contributed by atoms with Gasteiger partial charge in [-0.2, -0.15) is 0 Å². The van der Waals surface area contributed by atoms with Crippen LogP contribution in [0.1, 0.15) is 5.56 Å². The molecule has 2 amide bonds. The maximum Gasteiger partial charge on any atom is 0.321 e. The van der Waals surface area contributed by atoms with Crippen molar-refractivity contribution in [3.05, 3.63) is 72.2 Å². The lowest BCUT2D eigenvalue weighted by atomic mass is 10.2. The van der Waals surface area contributed by atoms with Crippen LogP contribution in [0, 0.1) is 5.82 Å². The lowest BCUT2D eigenvalue weighted by Crippen LogP contribution is -2.51. The second kappa shape index (κ2) is 7.64. The molecule has 0 aromatic heterocycles. The Kier molecular flexibility index (Phi) is 5.11. The lowest BCUT2D eigenvalue weighted by molar-refractivity contribution is 0.198. The van der Waals surface area contributed by atoms with Gasteiger partial charge in [-0.05, 0) is 24.3 Å². The number of piperazine rings is 1. The van der Waals surface area contributed by atoms with Gasteiger partial charge in [-0.3, -0.25) is 0 Å². The minimum absolute atomic E-state index is 0.157. The van der Waals surface area contributed by atoms with Crippen molar-refractivity contribution in [1.82, 2.24) is 10.2 Å². The van der Waals surface area contributed by atoms with E-state index in [9.17, 15) is 9.18 Å². The standard InChI is InChI=1S/C19H20FN3O/c20-18-9-5-4-6-16(18)10-11-21-19(24)23-14-12-22(13-15-23)17-7-2-1-3-8-17/h1-11H,12-15H2,(H,21,24)/b11-10+. The lowest BCUT2D eigenvalue weighted by Gasteiger charge is -2.35. The number of amides is 2. The molecular formula is C19H20FN3O. The number of halogens is 1. The number of rotatable bonds is 3. The molecule has 2 aromatic carbocycles. The summed E-state index contributed by atoms with van der Waals surface area (Å²) in [6, 6.07) is 16.5. The number of urea groups is 1. The van der Waals surface area contributed by atoms with Crippen LogP contribution in [0.5, 0.6) is 0 Å². The van der Waals surface area contributed by atoms with Gasteiger partial charge >= 0.3 is 6.03 Å². The molecule has 24 heavy (non-hydrogen) atoms. The van der Waals surface area contributed by atoms with E-state index in [1.165, 1.54) is 18.0 Å². The molecule has 0 aliphatic carbocycles. The van der Waals surface area contributed by atoms with E-state index in [-0.39, 0.29) is 11.8 Å². The van der Waals surface area contributed by atoms with E-state index in [1.54, 1.807) is 29.2 Å². The molecular weight excluding hydrogens is 305 g/mol. The van der Waals surface area contributed by atoms with Gasteiger partial charge in [0.25, 0.3) is 0 Å². The largest absolute Gasteiger partial charge is 0.368 e. The fourth-order valence-corrected chi connectivity index (χ4v) is 2.71. The molecule has 124 valence electrons. The highest BCUT2D eigenvalue weighted by atomic mass is 19.1. The van der Waals surface area contributed by atoms with Crippen LogP contribution < -0.4 is 10.2 Å². The number of anilines is 1. The first-order valence-electron chi connectivity index (χ1n) is 8.00. The number of benzene rings is 2. The first kappa shape index (κ1) is 16.1. The number of hydrogen-bond donors (Lipinski definition) is 1. The van der Waals surface area contributed by atoms with Gasteiger partial charge in [0.15, 0.2) is 0 Å². The van der Waals surface area contributed by atoms with Crippen LogP contribution in [0.25, 0.3) is 6.08 Å². The molecule has 1 fully saturated rings. The van der Waals surface area contributed by atoms with Gasteiger partial charge in [0, 0.05) is 43.6 Å². The van der Waals surface area contributed by atoms with Gasteiger partial charge in [-0.15, -0.1) is 0 Å². The summed E-state index contributed by atoms with van der Waals surface area (Å²) in [5.41, 5.74) is 1.63. The molecule has 5 heteroatoms. The van der Waals surface area contributed by atoms with Crippen molar-refractivity contribution in [3.8, 4) is 0 Å². The Balaban J connectivity index is 1.50. The molecule has 1 N–H and O–H groups in total. The fourth-order valence-electron chi connectivity index (χ4n) is 2.71. The summed E-state index contributed by atoms with van der Waals surface area (Å²) >= 11 is 0. The van der Waals surface area contributed by atoms with Crippen LogP contribution in [0.4, 0.5) is 14.9 Å². The SMILES string of the molecule is O=C(N/C=C/c1ccccc1F)N1CCN(c2ccccc2)CC1. The summed E-state index contributed by atoms with van der Waals surface area (Å²) < 4.78 is 13.5. The maximum atomic E-state index is 13.5. The van der Waals surface area contributed by atoms with E-state index < -0.39 is 0 Å². The van der Waals surface area contributed by atoms with E-state index in [0.717, 1.165) is 13.1 Å². The molecule has 1 aliphatic rings. The zero-order valence-electron chi connectivity index (χ0n) is 13.4. The van der Waals surface area contributed by atoms with Crippen molar-refractivity contribution >= 4 is 17.8 Å². The summed E-state index contributed by atoms with van der Waals surface area (Å²) in [5, 5.41) is 2.70. The third-order valence-corrected chi connectivity index (χ3v) is 4.06. The monoisotopic (exact) mass is 325 g/mol. The number of nitrogens with zero attached hydrogens (tertiary/aromatic N) is 2. The maximum absolute atomic E-state index is 13.5. The van der Waals surface area contributed by atoms with E-state index in [1.807, 2.05) is 18.2 Å². The number of hydrogen-bond acceptors (Lipinski definition) is 2. The van der Waals surface area contributed by atoms with Crippen molar-refractivity contribution in [1.29, 1.82) is 0 Å². The fraction of sp³-hybridized carbons (Fsp3) is 0.211. The number of para-hydroxylation sites is 1. The zero-order valence-corrected chi connectivity index (χ0v) is 13.4. The predicted molar refractivity (Wildman–Crippen MR) is 94.2 cm³/mol. The molecule has 0 unspecified atom stereocenters. The summed E-state index contributed by atoms with van der Waals surface area (Å²) in [6.07, 6.45) is 3.05. The Bertz CT molecular complexity index is 710. The third-order valence-electron chi connectivity index (χ3n) is 4.06. The van der Waals surface area contributed by atoms with Crippen LogP contribution in [-0.4, -0.2) is 37.1 Å². The quantitative estimate of drug-likeness (QED) is 0.939. The minimum atomic E-state index is -0.306. The molecule has 3 rings (SSSR count). The smallest absolute Gasteiger partial charge is 0.321 e. The van der Waals surface area contributed by atoms with Gasteiger partial charge in [0.1, 0.15) is 5.82 Å². The first-order valence-corrected chi connectivity index (χ1v) is 8.00. The van der Waals surface area contributed by atoms with Crippen LogP contribution in [-0.2, 0) is 0 Å². The molecule has 0 atom stereocenters. The predicted octanol–water partition coefficient (Wildman–Crippen LogP) is 3.33. The molecule has 0 saturated carbocycles. The van der Waals surface area contributed by atoms with Crippen LogP contribution >= 0.6 is 0 Å². The average Bonchev–Trinajstić information content (AvgIpc) is 2.64. The third kappa shape index (κ3) is 3.93. The average molecular weight is 325 g/mol. The van der Waals surface area contributed by atoms with E-state index in [0.29, 0.717) is 18.7 Å². The highest BCUT2D eigenvalue weighted by Crippen LogP contribution is 2.15. The minimum Gasteiger partial charge on any atom is -0.368 e. The Labute approximate surface area is 141 Å². The number of nitrogens with one attached hydrogen (secondary N) is 1. The summed E-state index contributed by atoms with van der Waals surface area (Å²) in [6.45, 7) is 2.92. The van der Waals surface area contributed by atoms with Gasteiger partial charge in [-0.1, -0.05) is 36.4 Å². The Hall–Kier alpha value is -2.82. The van der Waals surface area contributed by atoms with Crippen molar-refractivity contribution in [3.63, 3.8) is 0 Å². The summed E-state index contributed by atoms with van der Waals surface area (Å²) in [5.74, 6) is -0.306. The summed E-state index contributed by atoms with van der Waals surface area (Å²) in [7, 11) is 0. The molecule has 4 nitrogen and oxygen atoms in total. The van der Waals surface area contributed by atoms with Gasteiger partial charge in [-0.25, -0.2) is 9.18 Å². The van der Waals surface area contributed by atoms with E-state index in [4.69, 9.17) is 0 Å². The topological polar surface area (TPSA) is 35.6 Å². The van der Waals surface area contributed by atoms with Crippen molar-refractivity contribution < 1.29 is 9.18 Å². The van der Waals surface area contributed by atoms with E-state index in [2.05, 4.69) is 22.3 Å². The van der Waals surface area contributed by atoms with E-state index >= 15 is 0 Å². The number of carbonyl (C=O) groups excluding carboxylic acids is 1. The number of carbonyl (C=O) groups is 1. The molecule has 1 aliphatic heterocycles. The molecule has 0 spiro atoms. The molecule has 2 aromatic rings. The second-order valence-electron chi connectivity index (χ2n) is 5.61. The normalized spacial score (nSPS) is 14.9. The highest BCUT2D eigenvalue weighted by Gasteiger charge is 2.20. The molecule has 0 bridgehead atoms. The Morgan fingerprint density at radius 2 is 1.62 bits per heavy atom. The van der Waals surface area contributed by atoms with Gasteiger partial charge in [0.05, 0.1) is 0 Å². The first-order chi connectivity index (χ1) is 11.7. The molecule has 0 radical (unpaired) electrons. The highest BCUT2D eigenvalue weighted by molar-refractivity contribution is 5.76. The van der Waals surface area contributed by atoms with Crippen molar-refractivity contribution in [2.45, 2.75) is 0 Å². The molecule has 1 heterocycles. The Morgan fingerprint density at radius 3 is 2.33 bits per heavy atom. The van der Waals surface area contributed by atoms with Crippen LogP contribution in [0.2, 0.25) is 0 Å². The summed E-state index contributed by atoms with van der Waals surface area (Å²) in [4.78, 5) is 16.2. The van der Waals surface area contributed by atoms with Crippen LogP contribution in [0.3, 0.4) is 0 Å². The second-order valence-corrected chi connectivity index (χ2v) is 5.61.